The molecular weight excluding hydrogens is 283 g/mol. The maximum Gasteiger partial charge on any atom is 0.139 e. The first-order valence-electron chi connectivity index (χ1n) is 6.29. The third kappa shape index (κ3) is 3.23. The van der Waals surface area contributed by atoms with Gasteiger partial charge in [-0.1, -0.05) is 42.6 Å². The summed E-state index contributed by atoms with van der Waals surface area (Å²) in [4.78, 5) is 4.33. The number of imidazole rings is 1. The minimum atomic E-state index is 0.0409. The lowest BCUT2D eigenvalue weighted by Gasteiger charge is -2.09. The summed E-state index contributed by atoms with van der Waals surface area (Å²) in [7, 11) is 0. The third-order valence-electron chi connectivity index (χ3n) is 3.06. The fraction of sp³-hybridized carbons (Fsp3) is 0.357. The molecular formula is C14H16Cl2N2O. The lowest BCUT2D eigenvalue weighted by molar-refractivity contribution is 0.468. The average Bonchev–Trinajstić information content (AvgIpc) is 2.84. The van der Waals surface area contributed by atoms with Crippen molar-refractivity contribution in [3.8, 4) is 5.75 Å². The van der Waals surface area contributed by atoms with Crippen molar-refractivity contribution in [1.82, 2.24) is 9.55 Å². The van der Waals surface area contributed by atoms with Gasteiger partial charge in [0.25, 0.3) is 0 Å². The molecule has 0 bridgehead atoms. The smallest absolute Gasteiger partial charge is 0.139 e. The SMILES string of the molecule is CCCCn1ccnc1Cc1ccc(Cl)c(Cl)c1O. The Kier molecular flexibility index (Phi) is 4.72. The molecule has 0 aliphatic carbocycles. The number of unbranched alkanes of at least 4 members (excludes halogenated alkanes) is 1. The Labute approximate surface area is 122 Å². The maximum atomic E-state index is 9.99. The molecule has 5 heteroatoms. The number of halogens is 2. The Morgan fingerprint density at radius 2 is 2.11 bits per heavy atom. The largest absolute Gasteiger partial charge is 0.506 e. The zero-order valence-corrected chi connectivity index (χ0v) is 12.2. The highest BCUT2D eigenvalue weighted by Gasteiger charge is 2.12. The topological polar surface area (TPSA) is 38.0 Å². The van der Waals surface area contributed by atoms with Crippen LogP contribution >= 0.6 is 23.2 Å². The van der Waals surface area contributed by atoms with Crippen LogP contribution in [0.2, 0.25) is 10.0 Å². The molecule has 2 rings (SSSR count). The molecule has 0 unspecified atom stereocenters. The minimum Gasteiger partial charge on any atom is -0.506 e. The van der Waals surface area contributed by atoms with Gasteiger partial charge in [-0.05, 0) is 12.5 Å². The first-order chi connectivity index (χ1) is 9.13. The molecule has 0 aliphatic heterocycles. The van der Waals surface area contributed by atoms with Gasteiger partial charge in [-0.2, -0.15) is 0 Å². The van der Waals surface area contributed by atoms with E-state index in [1.807, 2.05) is 6.20 Å². The molecule has 19 heavy (non-hydrogen) atoms. The number of benzene rings is 1. The van der Waals surface area contributed by atoms with Crippen LogP contribution in [0.5, 0.6) is 5.75 Å². The number of hydrogen-bond donors (Lipinski definition) is 1. The molecule has 1 N–H and O–H groups in total. The number of nitrogens with zero attached hydrogens (tertiary/aromatic N) is 2. The Hall–Kier alpha value is -1.19. The van der Waals surface area contributed by atoms with Gasteiger partial charge in [0.15, 0.2) is 0 Å². The lowest BCUT2D eigenvalue weighted by atomic mass is 10.1. The summed E-state index contributed by atoms with van der Waals surface area (Å²) in [6, 6.07) is 3.47. The highest BCUT2D eigenvalue weighted by atomic mass is 35.5. The van der Waals surface area contributed by atoms with E-state index < -0.39 is 0 Å². The van der Waals surface area contributed by atoms with Crippen LogP contribution in [-0.2, 0) is 13.0 Å². The Morgan fingerprint density at radius 1 is 1.32 bits per heavy atom. The highest BCUT2D eigenvalue weighted by molar-refractivity contribution is 6.43. The van der Waals surface area contributed by atoms with Crippen LogP contribution < -0.4 is 0 Å². The van der Waals surface area contributed by atoms with Gasteiger partial charge < -0.3 is 9.67 Å². The van der Waals surface area contributed by atoms with Crippen LogP contribution in [0.3, 0.4) is 0 Å². The van der Waals surface area contributed by atoms with E-state index >= 15 is 0 Å². The van der Waals surface area contributed by atoms with Gasteiger partial charge in [-0.3, -0.25) is 0 Å². The third-order valence-corrected chi connectivity index (χ3v) is 3.85. The second-order valence-electron chi connectivity index (χ2n) is 4.44. The van der Waals surface area contributed by atoms with Gasteiger partial charge in [0.1, 0.15) is 16.6 Å². The predicted molar refractivity (Wildman–Crippen MR) is 78.1 cm³/mol. The van der Waals surface area contributed by atoms with Crippen molar-refractivity contribution in [2.75, 3.05) is 0 Å². The Morgan fingerprint density at radius 3 is 2.84 bits per heavy atom. The van der Waals surface area contributed by atoms with Gasteiger partial charge in [-0.25, -0.2) is 4.98 Å². The molecule has 0 saturated carbocycles. The van der Waals surface area contributed by atoms with Gasteiger partial charge in [0, 0.05) is 30.9 Å². The van der Waals surface area contributed by atoms with Crippen molar-refractivity contribution in [1.29, 1.82) is 0 Å². The van der Waals surface area contributed by atoms with Crippen molar-refractivity contribution in [2.45, 2.75) is 32.7 Å². The number of aryl methyl sites for hydroxylation is 1. The van der Waals surface area contributed by atoms with Crippen LogP contribution in [0.25, 0.3) is 0 Å². The van der Waals surface area contributed by atoms with Crippen LogP contribution in [-0.4, -0.2) is 14.7 Å². The molecule has 0 aliphatic rings. The highest BCUT2D eigenvalue weighted by Crippen LogP contribution is 2.34. The summed E-state index contributed by atoms with van der Waals surface area (Å²) in [5, 5.41) is 10.5. The van der Waals surface area contributed by atoms with Crippen molar-refractivity contribution in [3.63, 3.8) is 0 Å². The molecule has 1 aromatic carbocycles. The monoisotopic (exact) mass is 298 g/mol. The molecule has 102 valence electrons. The van der Waals surface area contributed by atoms with E-state index in [0.29, 0.717) is 11.4 Å². The van der Waals surface area contributed by atoms with E-state index in [9.17, 15) is 5.11 Å². The second kappa shape index (κ2) is 6.31. The van der Waals surface area contributed by atoms with Gasteiger partial charge in [-0.15, -0.1) is 0 Å². The van der Waals surface area contributed by atoms with Crippen molar-refractivity contribution >= 4 is 23.2 Å². The summed E-state index contributed by atoms with van der Waals surface area (Å²) >= 11 is 11.8. The quantitative estimate of drug-likeness (QED) is 0.894. The summed E-state index contributed by atoms with van der Waals surface area (Å²) in [6.45, 7) is 3.09. The summed E-state index contributed by atoms with van der Waals surface area (Å²) < 4.78 is 2.10. The fourth-order valence-electron chi connectivity index (χ4n) is 1.93. The zero-order chi connectivity index (χ0) is 13.8. The second-order valence-corrected chi connectivity index (χ2v) is 5.22. The van der Waals surface area contributed by atoms with E-state index in [1.165, 1.54) is 0 Å². The Bertz CT molecular complexity index is 567. The molecule has 3 nitrogen and oxygen atoms in total. The van der Waals surface area contributed by atoms with Crippen molar-refractivity contribution in [2.24, 2.45) is 0 Å². The van der Waals surface area contributed by atoms with Crippen molar-refractivity contribution in [3.05, 3.63) is 46.0 Å². The maximum absolute atomic E-state index is 9.99. The summed E-state index contributed by atoms with van der Waals surface area (Å²) in [5.74, 6) is 0.960. The summed E-state index contributed by atoms with van der Waals surface area (Å²) in [6.07, 6.45) is 6.52. The average molecular weight is 299 g/mol. The zero-order valence-electron chi connectivity index (χ0n) is 10.7. The Balaban J connectivity index is 2.22. The lowest BCUT2D eigenvalue weighted by Crippen LogP contribution is -2.04. The van der Waals surface area contributed by atoms with Crippen LogP contribution in [0, 0.1) is 0 Å². The molecule has 0 atom stereocenters. The molecule has 0 radical (unpaired) electrons. The van der Waals surface area contributed by atoms with E-state index in [1.54, 1.807) is 18.3 Å². The van der Waals surface area contributed by atoms with E-state index in [4.69, 9.17) is 23.2 Å². The fourth-order valence-corrected chi connectivity index (χ4v) is 2.27. The normalized spacial score (nSPS) is 10.9. The standard InChI is InChI=1S/C14H16Cl2N2O/c1-2-3-7-18-8-6-17-12(18)9-10-4-5-11(15)13(16)14(10)19/h4-6,8,19H,2-3,7,9H2,1H3. The molecule has 0 fully saturated rings. The van der Waals surface area contributed by atoms with E-state index in [-0.39, 0.29) is 10.8 Å². The van der Waals surface area contributed by atoms with Crippen molar-refractivity contribution < 1.29 is 5.11 Å². The molecule has 1 heterocycles. The molecule has 0 saturated heterocycles. The number of rotatable bonds is 5. The van der Waals surface area contributed by atoms with Crippen LogP contribution in [0.1, 0.15) is 31.2 Å². The van der Waals surface area contributed by atoms with Crippen LogP contribution in [0.15, 0.2) is 24.5 Å². The van der Waals surface area contributed by atoms with Crippen LogP contribution in [0.4, 0.5) is 0 Å². The molecule has 1 aromatic heterocycles. The van der Waals surface area contributed by atoms with E-state index in [2.05, 4.69) is 16.5 Å². The first kappa shape index (κ1) is 14.2. The predicted octanol–water partition coefficient (Wildman–Crippen LogP) is 4.29. The summed E-state index contributed by atoms with van der Waals surface area (Å²) in [5.41, 5.74) is 0.735. The first-order valence-corrected chi connectivity index (χ1v) is 7.05. The van der Waals surface area contributed by atoms with Gasteiger partial charge in [0.05, 0.1) is 5.02 Å². The number of hydrogen-bond acceptors (Lipinski definition) is 2. The molecule has 0 spiro atoms. The number of phenols is 1. The van der Waals surface area contributed by atoms with Gasteiger partial charge >= 0.3 is 0 Å². The molecule has 2 aromatic rings. The minimum absolute atomic E-state index is 0.0409. The number of phenolic OH excluding ortho intramolecular Hbond substituents is 1. The number of aromatic nitrogens is 2. The van der Waals surface area contributed by atoms with E-state index in [0.717, 1.165) is 30.8 Å². The molecule has 0 amide bonds. The number of aromatic hydroxyl groups is 1. The van der Waals surface area contributed by atoms with Gasteiger partial charge in [0.2, 0.25) is 0 Å².